The van der Waals surface area contributed by atoms with Crippen molar-refractivity contribution in [1.29, 1.82) is 0 Å². The zero-order valence-electron chi connectivity index (χ0n) is 12.9. The number of nitrogens with two attached hydrogens (primary N) is 1. The number of hydrogen-bond donors (Lipinski definition) is 2. The fourth-order valence-electron chi connectivity index (χ4n) is 1.60. The summed E-state index contributed by atoms with van der Waals surface area (Å²) < 4.78 is 5.42. The Bertz CT molecular complexity index is 679. The maximum absolute atomic E-state index is 12.1. The van der Waals surface area contributed by atoms with Crippen molar-refractivity contribution < 1.29 is 14.3 Å². The third-order valence-corrected chi connectivity index (χ3v) is 4.64. The molecule has 0 bridgehead atoms. The van der Waals surface area contributed by atoms with Gasteiger partial charge in [0.15, 0.2) is 4.34 Å². The summed E-state index contributed by atoms with van der Waals surface area (Å²) in [5, 5.41) is 10.9. The standard InChI is InChI=1S/C14H16N4O3S2.ClH/c1-2-21-11(19)8-22-14-18-17-13(23-14)16-12(20)10-5-3-9(7-15)4-6-10;/h3-6H,2,7-8,15H2,1H3,(H,16,17,20);1H. The zero-order valence-corrected chi connectivity index (χ0v) is 15.3. The number of carbonyl (C=O) groups is 2. The van der Waals surface area contributed by atoms with E-state index in [9.17, 15) is 9.59 Å². The van der Waals surface area contributed by atoms with Gasteiger partial charge >= 0.3 is 5.97 Å². The lowest BCUT2D eigenvalue weighted by Crippen LogP contribution is -2.11. The maximum atomic E-state index is 12.1. The number of nitrogens with one attached hydrogen (secondary N) is 1. The minimum Gasteiger partial charge on any atom is -0.465 e. The number of hydrogen-bond acceptors (Lipinski definition) is 8. The summed E-state index contributed by atoms with van der Waals surface area (Å²) in [6.07, 6.45) is 0. The number of rotatable bonds is 7. The van der Waals surface area contributed by atoms with Gasteiger partial charge in [-0.1, -0.05) is 35.2 Å². The van der Waals surface area contributed by atoms with E-state index in [1.165, 1.54) is 23.1 Å². The Morgan fingerprint density at radius 1 is 1.29 bits per heavy atom. The molecule has 0 atom stereocenters. The van der Waals surface area contributed by atoms with Crippen molar-refractivity contribution in [3.63, 3.8) is 0 Å². The molecule has 1 aromatic carbocycles. The monoisotopic (exact) mass is 388 g/mol. The largest absolute Gasteiger partial charge is 0.465 e. The van der Waals surface area contributed by atoms with Gasteiger partial charge in [-0.2, -0.15) is 0 Å². The average Bonchev–Trinajstić information content (AvgIpc) is 3.01. The molecule has 1 aromatic heterocycles. The molecule has 1 amide bonds. The lowest BCUT2D eigenvalue weighted by Gasteiger charge is -2.02. The molecule has 2 rings (SSSR count). The molecule has 0 spiro atoms. The number of benzene rings is 1. The predicted octanol–water partition coefficient (Wildman–Crippen LogP) is 2.33. The molecule has 10 heteroatoms. The number of amides is 1. The highest BCUT2D eigenvalue weighted by molar-refractivity contribution is 8.01. The first-order valence-corrected chi connectivity index (χ1v) is 8.65. The molecule has 0 saturated carbocycles. The van der Waals surface area contributed by atoms with Crippen molar-refractivity contribution in [2.24, 2.45) is 5.73 Å². The second kappa shape index (κ2) is 10.2. The second-order valence-electron chi connectivity index (χ2n) is 4.32. The number of halogens is 1. The highest BCUT2D eigenvalue weighted by Gasteiger charge is 2.12. The van der Waals surface area contributed by atoms with E-state index in [0.717, 1.165) is 5.56 Å². The van der Waals surface area contributed by atoms with Gasteiger partial charge in [0, 0.05) is 12.1 Å². The van der Waals surface area contributed by atoms with Gasteiger partial charge in [0.05, 0.1) is 12.4 Å². The van der Waals surface area contributed by atoms with Crippen LogP contribution in [0.5, 0.6) is 0 Å². The predicted molar refractivity (Wildman–Crippen MR) is 96.8 cm³/mol. The fraction of sp³-hybridized carbons (Fsp3) is 0.286. The molecule has 2 aromatic rings. The zero-order chi connectivity index (χ0) is 16.7. The second-order valence-corrected chi connectivity index (χ2v) is 6.52. The molecule has 3 N–H and O–H groups in total. The van der Waals surface area contributed by atoms with E-state index in [4.69, 9.17) is 10.5 Å². The molecule has 130 valence electrons. The van der Waals surface area contributed by atoms with Crippen LogP contribution < -0.4 is 11.1 Å². The van der Waals surface area contributed by atoms with Gasteiger partial charge in [0.25, 0.3) is 5.91 Å². The van der Waals surface area contributed by atoms with Crippen LogP contribution in [0, 0.1) is 0 Å². The molecule has 0 aliphatic rings. The molecular weight excluding hydrogens is 372 g/mol. The van der Waals surface area contributed by atoms with Gasteiger partial charge in [-0.25, -0.2) is 0 Å². The number of thioether (sulfide) groups is 1. The van der Waals surface area contributed by atoms with Crippen LogP contribution in [-0.4, -0.2) is 34.4 Å². The lowest BCUT2D eigenvalue weighted by molar-refractivity contribution is -0.139. The van der Waals surface area contributed by atoms with Crippen molar-refractivity contribution in [1.82, 2.24) is 10.2 Å². The Hall–Kier alpha value is -1.68. The summed E-state index contributed by atoms with van der Waals surface area (Å²) >= 11 is 2.43. The SMILES string of the molecule is CCOC(=O)CSc1nnc(NC(=O)c2ccc(CN)cc2)s1.Cl. The number of anilines is 1. The molecule has 7 nitrogen and oxygen atoms in total. The smallest absolute Gasteiger partial charge is 0.316 e. The van der Waals surface area contributed by atoms with Gasteiger partial charge in [0.1, 0.15) is 0 Å². The molecule has 0 aliphatic heterocycles. The molecule has 0 fully saturated rings. The molecule has 0 unspecified atom stereocenters. The maximum Gasteiger partial charge on any atom is 0.316 e. The molecule has 0 saturated heterocycles. The van der Waals surface area contributed by atoms with Gasteiger partial charge in [0.2, 0.25) is 5.13 Å². The Morgan fingerprint density at radius 2 is 2.00 bits per heavy atom. The van der Waals surface area contributed by atoms with E-state index in [-0.39, 0.29) is 30.0 Å². The van der Waals surface area contributed by atoms with Crippen molar-refractivity contribution in [3.05, 3.63) is 35.4 Å². The van der Waals surface area contributed by atoms with Crippen LogP contribution in [0.1, 0.15) is 22.8 Å². The van der Waals surface area contributed by atoms with Gasteiger partial charge < -0.3 is 10.5 Å². The Morgan fingerprint density at radius 3 is 2.62 bits per heavy atom. The topological polar surface area (TPSA) is 107 Å². The van der Waals surface area contributed by atoms with Crippen LogP contribution >= 0.6 is 35.5 Å². The minimum absolute atomic E-state index is 0. The summed E-state index contributed by atoms with van der Waals surface area (Å²) in [4.78, 5) is 23.4. The van der Waals surface area contributed by atoms with E-state index in [1.54, 1.807) is 31.2 Å². The van der Waals surface area contributed by atoms with E-state index in [1.807, 2.05) is 0 Å². The third-order valence-electron chi connectivity index (χ3n) is 2.70. The normalized spacial score (nSPS) is 9.92. The van der Waals surface area contributed by atoms with Crippen LogP contribution in [0.25, 0.3) is 0 Å². The number of aromatic nitrogens is 2. The van der Waals surface area contributed by atoms with Gasteiger partial charge in [-0.15, -0.1) is 22.6 Å². The Labute approximate surface area is 153 Å². The molecule has 0 aliphatic carbocycles. The summed E-state index contributed by atoms with van der Waals surface area (Å²) in [5.74, 6) is -0.415. The summed E-state index contributed by atoms with van der Waals surface area (Å²) in [6.45, 7) is 2.53. The first-order chi connectivity index (χ1) is 11.1. The van der Waals surface area contributed by atoms with Gasteiger partial charge in [-0.05, 0) is 24.6 Å². The van der Waals surface area contributed by atoms with E-state index in [0.29, 0.717) is 28.2 Å². The lowest BCUT2D eigenvalue weighted by atomic mass is 10.1. The van der Waals surface area contributed by atoms with Crippen molar-refractivity contribution in [2.45, 2.75) is 17.8 Å². The van der Waals surface area contributed by atoms with Crippen LogP contribution in [0.15, 0.2) is 28.6 Å². The fourth-order valence-corrected chi connectivity index (χ4v) is 3.15. The number of carbonyl (C=O) groups excluding carboxylic acids is 2. The van der Waals surface area contributed by atoms with E-state index < -0.39 is 0 Å². The van der Waals surface area contributed by atoms with Crippen molar-refractivity contribution in [2.75, 3.05) is 17.7 Å². The summed E-state index contributed by atoms with van der Waals surface area (Å²) in [6, 6.07) is 7.01. The molecule has 0 radical (unpaired) electrons. The highest BCUT2D eigenvalue weighted by atomic mass is 35.5. The van der Waals surface area contributed by atoms with Crippen LogP contribution in [-0.2, 0) is 16.1 Å². The quantitative estimate of drug-likeness (QED) is 0.425. The Balaban J connectivity index is 0.00000288. The minimum atomic E-state index is -0.307. The van der Waals surface area contributed by atoms with E-state index >= 15 is 0 Å². The summed E-state index contributed by atoms with van der Waals surface area (Å²) in [7, 11) is 0. The van der Waals surface area contributed by atoms with Crippen LogP contribution in [0.3, 0.4) is 0 Å². The Kier molecular flexibility index (Phi) is 8.69. The third kappa shape index (κ3) is 6.08. The molecule has 1 heterocycles. The number of ether oxygens (including phenoxy) is 1. The van der Waals surface area contributed by atoms with Gasteiger partial charge in [-0.3, -0.25) is 14.9 Å². The van der Waals surface area contributed by atoms with E-state index in [2.05, 4.69) is 15.5 Å². The first-order valence-electron chi connectivity index (χ1n) is 6.84. The highest BCUT2D eigenvalue weighted by Crippen LogP contribution is 2.25. The average molecular weight is 389 g/mol. The molecule has 24 heavy (non-hydrogen) atoms. The van der Waals surface area contributed by atoms with Crippen LogP contribution in [0.4, 0.5) is 5.13 Å². The van der Waals surface area contributed by atoms with Crippen molar-refractivity contribution in [3.8, 4) is 0 Å². The summed E-state index contributed by atoms with van der Waals surface area (Å²) in [5.41, 5.74) is 6.98. The number of esters is 1. The van der Waals surface area contributed by atoms with Crippen LogP contribution in [0.2, 0.25) is 0 Å². The van der Waals surface area contributed by atoms with Crippen molar-refractivity contribution >= 4 is 52.5 Å². The number of nitrogens with zero attached hydrogens (tertiary/aromatic N) is 2. The molecular formula is C14H17ClN4O3S2. The first kappa shape index (κ1) is 20.4.